The molecule has 0 amide bonds. The Kier molecular flexibility index (Phi) is 2.98. The number of benzene rings is 2. The number of hydrogen-bond donors (Lipinski definition) is 1. The third-order valence-corrected chi connectivity index (χ3v) is 3.90. The molecule has 0 bridgehead atoms. The molecule has 0 saturated heterocycles. The van der Waals surface area contributed by atoms with E-state index in [4.69, 9.17) is 4.74 Å². The lowest BCUT2D eigenvalue weighted by molar-refractivity contribution is 0.0783. The predicted octanol–water partition coefficient (Wildman–Crippen LogP) is 3.16. The van der Waals surface area contributed by atoms with Crippen LogP contribution in [-0.4, -0.2) is 12.2 Å². The second-order valence-electron chi connectivity index (χ2n) is 4.98. The van der Waals surface area contributed by atoms with Gasteiger partial charge in [0.25, 0.3) is 0 Å². The fourth-order valence-corrected chi connectivity index (χ4v) is 2.89. The zero-order valence-corrected chi connectivity index (χ0v) is 11.0. The molecule has 20 heavy (non-hydrogen) atoms. The van der Waals surface area contributed by atoms with Gasteiger partial charge in [0.05, 0.1) is 7.11 Å². The van der Waals surface area contributed by atoms with Crippen molar-refractivity contribution in [2.24, 2.45) is 0 Å². The molecule has 0 spiro atoms. The fraction of sp³-hybridized carbons (Fsp3) is 0.250. The molecule has 2 nitrogen and oxygen atoms in total. The Bertz CT molecular complexity index is 670. The van der Waals surface area contributed by atoms with Crippen molar-refractivity contribution < 1.29 is 18.6 Å². The summed E-state index contributed by atoms with van der Waals surface area (Å²) >= 11 is 0. The number of aliphatic hydroxyl groups is 1. The lowest BCUT2D eigenvalue weighted by Gasteiger charge is -2.25. The Labute approximate surface area is 115 Å². The molecule has 0 fully saturated rings. The summed E-state index contributed by atoms with van der Waals surface area (Å²) in [4.78, 5) is 0. The quantitative estimate of drug-likeness (QED) is 0.913. The van der Waals surface area contributed by atoms with E-state index in [0.717, 1.165) is 5.56 Å². The SMILES string of the molecule is COc1cccc(C2(O)CCc3cc(F)ccc32)c1F. The van der Waals surface area contributed by atoms with E-state index in [1.165, 1.54) is 37.4 Å². The summed E-state index contributed by atoms with van der Waals surface area (Å²) in [5.74, 6) is -0.833. The van der Waals surface area contributed by atoms with Gasteiger partial charge in [-0.2, -0.15) is 0 Å². The molecule has 0 radical (unpaired) electrons. The maximum absolute atomic E-state index is 14.4. The summed E-state index contributed by atoms with van der Waals surface area (Å²) in [6.07, 6.45) is 0.843. The summed E-state index contributed by atoms with van der Waals surface area (Å²) in [7, 11) is 1.38. The van der Waals surface area contributed by atoms with Crippen molar-refractivity contribution >= 4 is 0 Å². The number of rotatable bonds is 2. The van der Waals surface area contributed by atoms with E-state index in [0.29, 0.717) is 18.4 Å². The predicted molar refractivity (Wildman–Crippen MR) is 70.7 cm³/mol. The third-order valence-electron chi connectivity index (χ3n) is 3.90. The molecule has 104 valence electrons. The average Bonchev–Trinajstić information content (AvgIpc) is 2.77. The van der Waals surface area contributed by atoms with Crippen LogP contribution in [0.2, 0.25) is 0 Å². The van der Waals surface area contributed by atoms with Crippen molar-refractivity contribution in [2.75, 3.05) is 7.11 Å². The van der Waals surface area contributed by atoms with E-state index in [-0.39, 0.29) is 17.1 Å². The number of halogens is 2. The van der Waals surface area contributed by atoms with Gasteiger partial charge in [0.1, 0.15) is 11.4 Å². The van der Waals surface area contributed by atoms with Crippen LogP contribution in [0.15, 0.2) is 36.4 Å². The van der Waals surface area contributed by atoms with Crippen LogP contribution in [0.3, 0.4) is 0 Å². The molecular weight excluding hydrogens is 262 g/mol. The zero-order valence-electron chi connectivity index (χ0n) is 11.0. The standard InChI is InChI=1S/C16H14F2O2/c1-20-14-4-2-3-13(15(14)18)16(19)8-7-10-9-11(17)5-6-12(10)16/h2-6,9,19H,7-8H2,1H3. The van der Waals surface area contributed by atoms with Gasteiger partial charge in [0.15, 0.2) is 11.6 Å². The van der Waals surface area contributed by atoms with Crippen LogP contribution >= 0.6 is 0 Å². The van der Waals surface area contributed by atoms with Gasteiger partial charge < -0.3 is 9.84 Å². The summed E-state index contributed by atoms with van der Waals surface area (Å²) in [5, 5.41) is 10.9. The minimum atomic E-state index is -1.43. The molecule has 1 aliphatic rings. The van der Waals surface area contributed by atoms with Crippen LogP contribution in [0.25, 0.3) is 0 Å². The van der Waals surface area contributed by atoms with E-state index in [1.54, 1.807) is 6.07 Å². The van der Waals surface area contributed by atoms with Gasteiger partial charge in [-0.05, 0) is 42.2 Å². The van der Waals surface area contributed by atoms with Crippen LogP contribution in [0.4, 0.5) is 8.78 Å². The highest BCUT2D eigenvalue weighted by Gasteiger charge is 2.40. The Morgan fingerprint density at radius 1 is 1.15 bits per heavy atom. The molecule has 1 unspecified atom stereocenters. The summed E-state index contributed by atoms with van der Waals surface area (Å²) < 4.78 is 32.6. The van der Waals surface area contributed by atoms with Crippen LogP contribution in [0.5, 0.6) is 5.75 Å². The largest absolute Gasteiger partial charge is 0.494 e. The Hall–Kier alpha value is -1.94. The molecule has 0 aromatic heterocycles. The number of fused-ring (bicyclic) bond motifs is 1. The highest BCUT2D eigenvalue weighted by Crippen LogP contribution is 2.44. The number of hydrogen-bond acceptors (Lipinski definition) is 2. The molecule has 1 N–H and O–H groups in total. The van der Waals surface area contributed by atoms with Crippen molar-refractivity contribution in [3.8, 4) is 5.75 Å². The van der Waals surface area contributed by atoms with E-state index < -0.39 is 11.4 Å². The molecule has 1 atom stereocenters. The highest BCUT2D eigenvalue weighted by molar-refractivity contribution is 5.47. The first-order valence-corrected chi connectivity index (χ1v) is 6.40. The Morgan fingerprint density at radius 3 is 2.70 bits per heavy atom. The van der Waals surface area contributed by atoms with Crippen LogP contribution in [-0.2, 0) is 12.0 Å². The lowest BCUT2D eigenvalue weighted by Crippen LogP contribution is -2.25. The van der Waals surface area contributed by atoms with Gasteiger partial charge in [-0.1, -0.05) is 18.2 Å². The lowest BCUT2D eigenvalue weighted by atomic mass is 9.87. The van der Waals surface area contributed by atoms with E-state index in [9.17, 15) is 13.9 Å². The number of methoxy groups -OCH3 is 1. The maximum Gasteiger partial charge on any atom is 0.171 e. The van der Waals surface area contributed by atoms with Gasteiger partial charge in [0.2, 0.25) is 0 Å². The Balaban J connectivity index is 2.17. The molecule has 0 saturated carbocycles. The molecule has 0 heterocycles. The fourth-order valence-electron chi connectivity index (χ4n) is 2.89. The van der Waals surface area contributed by atoms with Gasteiger partial charge in [-0.25, -0.2) is 8.78 Å². The molecule has 3 rings (SSSR count). The van der Waals surface area contributed by atoms with Crippen molar-refractivity contribution in [1.29, 1.82) is 0 Å². The first-order chi connectivity index (χ1) is 9.56. The first-order valence-electron chi connectivity index (χ1n) is 6.40. The van der Waals surface area contributed by atoms with Crippen molar-refractivity contribution in [3.05, 3.63) is 64.7 Å². The van der Waals surface area contributed by atoms with Crippen molar-refractivity contribution in [1.82, 2.24) is 0 Å². The van der Waals surface area contributed by atoms with Crippen molar-refractivity contribution in [2.45, 2.75) is 18.4 Å². The second kappa shape index (κ2) is 4.56. The van der Waals surface area contributed by atoms with Crippen LogP contribution < -0.4 is 4.74 Å². The maximum atomic E-state index is 14.4. The topological polar surface area (TPSA) is 29.5 Å². The summed E-state index contributed by atoms with van der Waals surface area (Å²) in [6.45, 7) is 0. The average molecular weight is 276 g/mol. The minimum absolute atomic E-state index is 0.0893. The second-order valence-corrected chi connectivity index (χ2v) is 4.98. The van der Waals surface area contributed by atoms with Crippen LogP contribution in [0, 0.1) is 11.6 Å². The molecule has 1 aliphatic carbocycles. The number of ether oxygens (including phenoxy) is 1. The molecule has 4 heteroatoms. The molecule has 0 aliphatic heterocycles. The monoisotopic (exact) mass is 276 g/mol. The Morgan fingerprint density at radius 2 is 1.95 bits per heavy atom. The molecular formula is C16H14F2O2. The van der Waals surface area contributed by atoms with E-state index in [1.807, 2.05) is 0 Å². The highest BCUT2D eigenvalue weighted by atomic mass is 19.1. The van der Waals surface area contributed by atoms with E-state index in [2.05, 4.69) is 0 Å². The minimum Gasteiger partial charge on any atom is -0.494 e. The van der Waals surface area contributed by atoms with Crippen LogP contribution in [0.1, 0.15) is 23.1 Å². The van der Waals surface area contributed by atoms with Gasteiger partial charge in [-0.15, -0.1) is 0 Å². The van der Waals surface area contributed by atoms with Gasteiger partial charge in [0, 0.05) is 5.56 Å². The molecule has 2 aromatic carbocycles. The molecule has 2 aromatic rings. The third kappa shape index (κ3) is 1.79. The first kappa shape index (κ1) is 13.1. The summed E-state index contributed by atoms with van der Waals surface area (Å²) in [5.41, 5.74) is 0.0183. The zero-order chi connectivity index (χ0) is 14.3. The van der Waals surface area contributed by atoms with Gasteiger partial charge in [-0.3, -0.25) is 0 Å². The van der Waals surface area contributed by atoms with E-state index >= 15 is 0 Å². The summed E-state index contributed by atoms with van der Waals surface area (Å²) in [6, 6.07) is 8.88. The normalized spacial score (nSPS) is 20.8. The van der Waals surface area contributed by atoms with Gasteiger partial charge >= 0.3 is 0 Å². The smallest absolute Gasteiger partial charge is 0.171 e. The van der Waals surface area contributed by atoms with Crippen molar-refractivity contribution in [3.63, 3.8) is 0 Å². The number of aryl methyl sites for hydroxylation is 1.